The van der Waals surface area contributed by atoms with Gasteiger partial charge in [0.1, 0.15) is 5.75 Å². The molecule has 0 unspecified atom stereocenters. The van der Waals surface area contributed by atoms with Crippen molar-refractivity contribution in [2.75, 3.05) is 20.2 Å². The van der Waals surface area contributed by atoms with Gasteiger partial charge in [-0.05, 0) is 56.3 Å². The fraction of sp³-hybridized carbons (Fsp3) is 0.368. The van der Waals surface area contributed by atoms with E-state index in [-0.39, 0.29) is 5.91 Å². The number of aromatic nitrogens is 5. The lowest BCUT2D eigenvalue weighted by molar-refractivity contribution is 0.0945. The zero-order valence-corrected chi connectivity index (χ0v) is 15.7. The van der Waals surface area contributed by atoms with Crippen LogP contribution in [0.2, 0.25) is 0 Å². The van der Waals surface area contributed by atoms with Crippen molar-refractivity contribution in [3.8, 4) is 11.4 Å². The van der Waals surface area contributed by atoms with Crippen LogP contribution in [0.1, 0.15) is 35.1 Å². The van der Waals surface area contributed by atoms with E-state index in [1.165, 1.54) is 0 Å². The third-order valence-corrected chi connectivity index (χ3v) is 4.84. The van der Waals surface area contributed by atoms with Crippen LogP contribution in [-0.4, -0.2) is 50.9 Å². The number of nitrogens with zero attached hydrogens (tertiary/aromatic N) is 5. The Kier molecular flexibility index (Phi) is 5.34. The van der Waals surface area contributed by atoms with Crippen molar-refractivity contribution in [1.82, 2.24) is 35.4 Å². The van der Waals surface area contributed by atoms with Gasteiger partial charge in [0.2, 0.25) is 0 Å². The standard InChI is InChI=1S/C19H23N7O2/c1-28-17-4-2-15(3-5-17)25-11-8-14(23-25)12-21-19(27)18-13-26(24-22-18)16-6-9-20-10-7-16/h2-5,8,11,13,16,20H,6-7,9-10,12H2,1H3,(H,21,27). The van der Waals surface area contributed by atoms with Crippen molar-refractivity contribution in [2.24, 2.45) is 0 Å². The summed E-state index contributed by atoms with van der Waals surface area (Å²) in [4.78, 5) is 12.4. The predicted molar refractivity (Wildman–Crippen MR) is 102 cm³/mol. The van der Waals surface area contributed by atoms with E-state index in [1.54, 1.807) is 22.7 Å². The minimum atomic E-state index is -0.251. The van der Waals surface area contributed by atoms with Gasteiger partial charge in [-0.2, -0.15) is 5.10 Å². The number of benzene rings is 1. The number of carbonyl (C=O) groups is 1. The highest BCUT2D eigenvalue weighted by molar-refractivity contribution is 5.91. The van der Waals surface area contributed by atoms with Crippen LogP contribution in [0.5, 0.6) is 5.75 Å². The number of carbonyl (C=O) groups excluding carboxylic acids is 1. The summed E-state index contributed by atoms with van der Waals surface area (Å²) in [5, 5.41) is 18.8. The van der Waals surface area contributed by atoms with Crippen LogP contribution in [-0.2, 0) is 6.54 Å². The van der Waals surface area contributed by atoms with Gasteiger partial charge >= 0.3 is 0 Å². The predicted octanol–water partition coefficient (Wildman–Crippen LogP) is 1.33. The van der Waals surface area contributed by atoms with E-state index >= 15 is 0 Å². The normalized spacial score (nSPS) is 14.8. The van der Waals surface area contributed by atoms with Gasteiger partial charge in [0.15, 0.2) is 5.69 Å². The molecule has 0 bridgehead atoms. The molecular weight excluding hydrogens is 358 g/mol. The third kappa shape index (κ3) is 4.04. The van der Waals surface area contributed by atoms with Gasteiger partial charge in [-0.25, -0.2) is 9.36 Å². The minimum Gasteiger partial charge on any atom is -0.497 e. The van der Waals surface area contributed by atoms with Crippen LogP contribution < -0.4 is 15.4 Å². The maximum absolute atomic E-state index is 12.4. The van der Waals surface area contributed by atoms with Crippen molar-refractivity contribution in [2.45, 2.75) is 25.4 Å². The number of amides is 1. The van der Waals surface area contributed by atoms with Crippen molar-refractivity contribution in [1.29, 1.82) is 0 Å². The molecule has 2 N–H and O–H groups in total. The first-order valence-corrected chi connectivity index (χ1v) is 9.32. The third-order valence-electron chi connectivity index (χ3n) is 4.84. The van der Waals surface area contributed by atoms with Crippen LogP contribution in [0, 0.1) is 0 Å². The summed E-state index contributed by atoms with van der Waals surface area (Å²) in [5.74, 6) is 0.542. The van der Waals surface area contributed by atoms with E-state index in [9.17, 15) is 4.79 Å². The van der Waals surface area contributed by atoms with Gasteiger partial charge in [0, 0.05) is 6.20 Å². The zero-order valence-electron chi connectivity index (χ0n) is 15.7. The first kappa shape index (κ1) is 18.2. The van der Waals surface area contributed by atoms with Crippen LogP contribution in [0.3, 0.4) is 0 Å². The molecule has 1 aromatic carbocycles. The highest BCUT2D eigenvalue weighted by Crippen LogP contribution is 2.17. The van der Waals surface area contributed by atoms with Gasteiger partial charge in [-0.15, -0.1) is 5.10 Å². The Balaban J connectivity index is 1.35. The fourth-order valence-electron chi connectivity index (χ4n) is 3.23. The van der Waals surface area contributed by atoms with E-state index in [2.05, 4.69) is 26.0 Å². The van der Waals surface area contributed by atoms with Gasteiger partial charge in [-0.3, -0.25) is 4.79 Å². The molecule has 9 nitrogen and oxygen atoms in total. The Morgan fingerprint density at radius 3 is 2.79 bits per heavy atom. The maximum atomic E-state index is 12.4. The summed E-state index contributed by atoms with van der Waals surface area (Å²) in [6, 6.07) is 9.78. The average molecular weight is 381 g/mol. The number of hydrogen-bond acceptors (Lipinski definition) is 6. The van der Waals surface area contributed by atoms with E-state index in [1.807, 2.05) is 36.5 Å². The molecule has 146 valence electrons. The van der Waals surface area contributed by atoms with Crippen molar-refractivity contribution >= 4 is 5.91 Å². The van der Waals surface area contributed by atoms with Crippen LogP contribution >= 0.6 is 0 Å². The molecule has 0 radical (unpaired) electrons. The zero-order chi connectivity index (χ0) is 19.3. The van der Waals surface area contributed by atoms with Gasteiger partial charge < -0.3 is 15.4 Å². The molecule has 0 aliphatic carbocycles. The lowest BCUT2D eigenvalue weighted by Gasteiger charge is -2.22. The summed E-state index contributed by atoms with van der Waals surface area (Å²) >= 11 is 0. The number of ether oxygens (including phenoxy) is 1. The molecule has 1 aliphatic heterocycles. The molecule has 1 fully saturated rings. The van der Waals surface area contributed by atoms with Gasteiger partial charge in [0.05, 0.1) is 37.3 Å². The second-order valence-corrected chi connectivity index (χ2v) is 6.70. The minimum absolute atomic E-state index is 0.251. The lowest BCUT2D eigenvalue weighted by atomic mass is 10.1. The lowest BCUT2D eigenvalue weighted by Crippen LogP contribution is -2.29. The Labute approximate surface area is 162 Å². The maximum Gasteiger partial charge on any atom is 0.273 e. The summed E-state index contributed by atoms with van der Waals surface area (Å²) in [6.45, 7) is 2.24. The van der Waals surface area contributed by atoms with E-state index in [4.69, 9.17) is 4.74 Å². The Hall–Kier alpha value is -3.20. The number of methoxy groups -OCH3 is 1. The second kappa shape index (κ2) is 8.22. The number of piperidine rings is 1. The molecule has 3 aromatic rings. The molecule has 0 atom stereocenters. The molecule has 0 saturated carbocycles. The Morgan fingerprint density at radius 2 is 2.04 bits per heavy atom. The highest BCUT2D eigenvalue weighted by atomic mass is 16.5. The van der Waals surface area contributed by atoms with Crippen LogP contribution in [0.4, 0.5) is 0 Å². The molecule has 0 spiro atoms. The SMILES string of the molecule is COc1ccc(-n2ccc(CNC(=O)c3cn(C4CCNCC4)nn3)n2)cc1. The first-order valence-electron chi connectivity index (χ1n) is 9.32. The molecule has 9 heteroatoms. The molecule has 1 amide bonds. The van der Waals surface area contributed by atoms with Crippen molar-refractivity contribution < 1.29 is 9.53 Å². The van der Waals surface area contributed by atoms with E-state index < -0.39 is 0 Å². The Morgan fingerprint density at radius 1 is 1.25 bits per heavy atom. The summed E-state index contributed by atoms with van der Waals surface area (Å²) in [5.41, 5.74) is 2.01. The quantitative estimate of drug-likeness (QED) is 0.668. The average Bonchev–Trinajstić information content (AvgIpc) is 3.43. The fourth-order valence-corrected chi connectivity index (χ4v) is 3.23. The number of hydrogen-bond donors (Lipinski definition) is 2. The van der Waals surface area contributed by atoms with Gasteiger partial charge in [-0.1, -0.05) is 5.21 Å². The molecule has 3 heterocycles. The summed E-state index contributed by atoms with van der Waals surface area (Å²) in [7, 11) is 1.63. The van der Waals surface area contributed by atoms with Crippen molar-refractivity contribution in [3.63, 3.8) is 0 Å². The molecule has 4 rings (SSSR count). The first-order chi connectivity index (χ1) is 13.7. The Bertz CT molecular complexity index is 926. The van der Waals surface area contributed by atoms with Gasteiger partial charge in [0.25, 0.3) is 5.91 Å². The highest BCUT2D eigenvalue weighted by Gasteiger charge is 2.18. The summed E-state index contributed by atoms with van der Waals surface area (Å²) in [6.07, 6.45) is 5.57. The molecule has 1 saturated heterocycles. The van der Waals surface area contributed by atoms with E-state index in [0.717, 1.165) is 43.1 Å². The summed E-state index contributed by atoms with van der Waals surface area (Å²) < 4.78 is 8.72. The van der Waals surface area contributed by atoms with Crippen LogP contribution in [0.25, 0.3) is 5.69 Å². The molecule has 2 aromatic heterocycles. The molecule has 28 heavy (non-hydrogen) atoms. The van der Waals surface area contributed by atoms with Crippen molar-refractivity contribution in [3.05, 3.63) is 54.1 Å². The molecule has 1 aliphatic rings. The van der Waals surface area contributed by atoms with Crippen LogP contribution in [0.15, 0.2) is 42.7 Å². The topological polar surface area (TPSA) is 98.9 Å². The number of rotatable bonds is 6. The smallest absolute Gasteiger partial charge is 0.273 e. The van der Waals surface area contributed by atoms with E-state index in [0.29, 0.717) is 18.3 Å². The number of nitrogens with one attached hydrogen (secondary N) is 2. The largest absolute Gasteiger partial charge is 0.497 e. The second-order valence-electron chi connectivity index (χ2n) is 6.70. The monoisotopic (exact) mass is 381 g/mol. The molecular formula is C19H23N7O2.